The van der Waals surface area contributed by atoms with E-state index in [1.54, 1.807) is 32.9 Å². The van der Waals surface area contributed by atoms with Crippen LogP contribution in [0.1, 0.15) is 34.6 Å². The van der Waals surface area contributed by atoms with Gasteiger partial charge >= 0.3 is 7.28 Å². The average molecular weight is 347 g/mol. The molecule has 0 radical (unpaired) electrons. The molecule has 0 aromatic heterocycles. The summed E-state index contributed by atoms with van der Waals surface area (Å²) in [4.78, 5) is 25.2. The third kappa shape index (κ3) is 5.46. The van der Waals surface area contributed by atoms with E-state index in [0.29, 0.717) is 17.5 Å². The zero-order valence-corrected chi connectivity index (χ0v) is 15.5. The smallest absolute Gasteiger partial charge is 0.301 e. The Morgan fingerprint density at radius 2 is 1.92 bits per heavy atom. The first-order valence-electron chi connectivity index (χ1n) is 8.55. The monoisotopic (exact) mass is 347 g/mol. The topological polar surface area (TPSA) is 84.7 Å². The Hall–Kier alpha value is -2.09. The van der Waals surface area contributed by atoms with Crippen molar-refractivity contribution in [2.75, 3.05) is 18.0 Å². The first kappa shape index (κ1) is 19.2. The van der Waals surface area contributed by atoms with Gasteiger partial charge < -0.3 is 15.0 Å². The van der Waals surface area contributed by atoms with E-state index in [2.05, 4.69) is 24.1 Å². The van der Waals surface area contributed by atoms with Crippen molar-refractivity contribution < 1.29 is 14.5 Å². The second-order valence-electron chi connectivity index (χ2n) is 7.71. The molecular weight excluding hydrogens is 321 g/mol. The molecule has 1 aliphatic rings. The number of hydrogen-bond acceptors (Lipinski definition) is 6. The van der Waals surface area contributed by atoms with Gasteiger partial charge in [-0.1, -0.05) is 6.07 Å². The molecular formula is C17H26BN3O4. The van der Waals surface area contributed by atoms with Gasteiger partial charge in [0.05, 0.1) is 4.92 Å². The lowest BCUT2D eigenvalue weighted by Crippen LogP contribution is -2.54. The van der Waals surface area contributed by atoms with E-state index in [0.717, 1.165) is 18.8 Å². The number of nitrogens with zero attached hydrogens (tertiary/aromatic N) is 2. The number of hydrogen-bond donors (Lipinski definition) is 1. The SMILES string of the molecule is C[C@@H]1CN(c2ccc(BC(=O)OC(C)(C)C)c([N+](=O)[O-])c2)C[C@H](C)N1. The molecule has 1 aromatic carbocycles. The van der Waals surface area contributed by atoms with Gasteiger partial charge in [-0.3, -0.25) is 14.9 Å². The molecule has 0 saturated carbocycles. The van der Waals surface area contributed by atoms with Gasteiger partial charge in [0.1, 0.15) is 5.60 Å². The molecule has 0 aliphatic carbocycles. The highest BCUT2D eigenvalue weighted by molar-refractivity contribution is 6.83. The van der Waals surface area contributed by atoms with E-state index in [9.17, 15) is 14.9 Å². The van der Waals surface area contributed by atoms with Crippen molar-refractivity contribution in [1.29, 1.82) is 0 Å². The van der Waals surface area contributed by atoms with E-state index in [4.69, 9.17) is 4.74 Å². The summed E-state index contributed by atoms with van der Waals surface area (Å²) in [6, 6.07) is 5.69. The highest BCUT2D eigenvalue weighted by Gasteiger charge is 2.26. The van der Waals surface area contributed by atoms with Gasteiger partial charge in [0, 0.05) is 42.4 Å². The molecule has 1 aliphatic heterocycles. The number of nitro benzene ring substituents is 1. The maximum absolute atomic E-state index is 12.0. The second-order valence-corrected chi connectivity index (χ2v) is 7.71. The molecule has 2 rings (SSSR count). The van der Waals surface area contributed by atoms with E-state index in [1.807, 2.05) is 6.07 Å². The van der Waals surface area contributed by atoms with Crippen molar-refractivity contribution >= 4 is 30.0 Å². The van der Waals surface area contributed by atoms with Crippen LogP contribution in [0.25, 0.3) is 0 Å². The number of carbonyl (C=O) groups is 1. The van der Waals surface area contributed by atoms with Crippen LogP contribution < -0.4 is 15.7 Å². The van der Waals surface area contributed by atoms with Gasteiger partial charge in [-0.15, -0.1) is 0 Å². The van der Waals surface area contributed by atoms with Crippen LogP contribution in [0.4, 0.5) is 16.2 Å². The molecule has 8 heteroatoms. The Morgan fingerprint density at radius 3 is 2.44 bits per heavy atom. The average Bonchev–Trinajstić information content (AvgIpc) is 2.44. The molecule has 0 amide bonds. The fraction of sp³-hybridized carbons (Fsp3) is 0.588. The number of piperazine rings is 1. The van der Waals surface area contributed by atoms with Gasteiger partial charge in [-0.2, -0.15) is 0 Å². The third-order valence-corrected chi connectivity index (χ3v) is 3.94. The van der Waals surface area contributed by atoms with Crippen molar-refractivity contribution in [1.82, 2.24) is 5.32 Å². The molecule has 25 heavy (non-hydrogen) atoms. The van der Waals surface area contributed by atoms with Crippen LogP contribution in [0.5, 0.6) is 0 Å². The van der Waals surface area contributed by atoms with Gasteiger partial charge in [0.2, 0.25) is 0 Å². The first-order chi connectivity index (χ1) is 11.5. The fourth-order valence-corrected chi connectivity index (χ4v) is 3.14. The number of nitrogens with one attached hydrogen (secondary N) is 1. The van der Waals surface area contributed by atoms with Crippen LogP contribution in [0, 0.1) is 10.1 Å². The van der Waals surface area contributed by atoms with Crippen LogP contribution in [-0.2, 0) is 4.74 Å². The molecule has 0 spiro atoms. The standard InChI is InChI=1S/C17H26BN3O4/c1-11-9-20(10-12(2)19-11)13-6-7-14(15(8-13)21(23)24)18-16(22)25-17(3,4)5/h6-8,11-12,18-19H,9-10H2,1-5H3/t11-,12+. The molecule has 1 aromatic rings. The zero-order valence-electron chi connectivity index (χ0n) is 15.5. The summed E-state index contributed by atoms with van der Waals surface area (Å²) in [5.74, 6) is -0.465. The third-order valence-electron chi connectivity index (χ3n) is 3.94. The largest absolute Gasteiger partial charge is 0.468 e. The predicted molar refractivity (Wildman–Crippen MR) is 100 cm³/mol. The molecule has 0 bridgehead atoms. The summed E-state index contributed by atoms with van der Waals surface area (Å²) in [5.41, 5.74) is 0.528. The zero-order chi connectivity index (χ0) is 18.8. The van der Waals surface area contributed by atoms with E-state index < -0.39 is 16.4 Å². The van der Waals surface area contributed by atoms with E-state index in [1.165, 1.54) is 0 Å². The summed E-state index contributed by atoms with van der Waals surface area (Å²) >= 11 is 0. The lowest BCUT2D eigenvalue weighted by molar-refractivity contribution is -0.383. The molecule has 136 valence electrons. The summed E-state index contributed by atoms with van der Waals surface area (Å²) in [6.45, 7) is 11.1. The predicted octanol–water partition coefficient (Wildman–Crippen LogP) is 1.78. The number of rotatable bonds is 4. The summed E-state index contributed by atoms with van der Waals surface area (Å²) in [7, 11) is -0.109. The summed E-state index contributed by atoms with van der Waals surface area (Å²) < 4.78 is 5.27. The van der Waals surface area contributed by atoms with Gasteiger partial charge in [0.25, 0.3) is 11.6 Å². The van der Waals surface area contributed by atoms with Gasteiger partial charge in [-0.25, -0.2) is 0 Å². The number of ether oxygens (including phenoxy) is 1. The Bertz CT molecular complexity index is 650. The molecule has 1 fully saturated rings. The van der Waals surface area contributed by atoms with Gasteiger partial charge in [0.15, 0.2) is 0 Å². The highest BCUT2D eigenvalue weighted by atomic mass is 16.6. The van der Waals surface area contributed by atoms with Crippen molar-refractivity contribution in [3.05, 3.63) is 28.3 Å². The van der Waals surface area contributed by atoms with Gasteiger partial charge in [-0.05, 0) is 40.7 Å². The van der Waals surface area contributed by atoms with E-state index in [-0.39, 0.29) is 13.0 Å². The quantitative estimate of drug-likeness (QED) is 0.508. The lowest BCUT2D eigenvalue weighted by Gasteiger charge is -2.37. The highest BCUT2D eigenvalue weighted by Crippen LogP contribution is 2.22. The van der Waals surface area contributed by atoms with Crippen LogP contribution in [0.2, 0.25) is 0 Å². The molecule has 1 saturated heterocycles. The molecule has 2 atom stereocenters. The maximum Gasteiger partial charge on any atom is 0.301 e. The Labute approximate surface area is 149 Å². The van der Waals surface area contributed by atoms with E-state index >= 15 is 0 Å². The Balaban J connectivity index is 2.23. The summed E-state index contributed by atoms with van der Waals surface area (Å²) in [5, 5.41) is 14.9. The van der Waals surface area contributed by atoms with Crippen LogP contribution >= 0.6 is 0 Å². The van der Waals surface area contributed by atoms with Crippen molar-refractivity contribution in [3.8, 4) is 0 Å². The summed E-state index contributed by atoms with van der Waals surface area (Å²) in [6.07, 6.45) is 0. The maximum atomic E-state index is 12.0. The minimum atomic E-state index is -0.612. The van der Waals surface area contributed by atoms with Crippen LogP contribution in [0.15, 0.2) is 18.2 Å². The number of anilines is 1. The molecule has 1 heterocycles. The molecule has 7 nitrogen and oxygen atoms in total. The first-order valence-corrected chi connectivity index (χ1v) is 8.55. The van der Waals surface area contributed by atoms with Crippen molar-refractivity contribution in [2.45, 2.75) is 52.3 Å². The number of nitro groups is 1. The molecule has 1 N–H and O–H groups in total. The van der Waals surface area contributed by atoms with Crippen LogP contribution in [-0.4, -0.2) is 48.8 Å². The van der Waals surface area contributed by atoms with Crippen molar-refractivity contribution in [3.63, 3.8) is 0 Å². The minimum absolute atomic E-state index is 0.0396. The fourth-order valence-electron chi connectivity index (χ4n) is 3.14. The number of carbonyl (C=O) groups excluding carboxylic acids is 1. The normalized spacial score (nSPS) is 20.9. The van der Waals surface area contributed by atoms with Crippen LogP contribution in [0.3, 0.4) is 0 Å². The second kappa shape index (κ2) is 7.43. The van der Waals surface area contributed by atoms with Crippen molar-refractivity contribution in [2.24, 2.45) is 0 Å². The Morgan fingerprint density at radius 1 is 1.32 bits per heavy atom. The minimum Gasteiger partial charge on any atom is -0.468 e. The number of benzene rings is 1. The molecule has 0 unspecified atom stereocenters. The lowest BCUT2D eigenvalue weighted by atomic mass is 9.69. The Kier molecular flexibility index (Phi) is 5.72.